The van der Waals surface area contributed by atoms with E-state index in [4.69, 9.17) is 5.73 Å². The zero-order chi connectivity index (χ0) is 16.9. The molecule has 1 aromatic heterocycles. The number of carbonyl (C=O) groups is 2. The highest BCUT2D eigenvalue weighted by Gasteiger charge is 2.23. The molecule has 24 heavy (non-hydrogen) atoms. The second-order valence-corrected chi connectivity index (χ2v) is 6.05. The van der Waals surface area contributed by atoms with Crippen LogP contribution in [0.1, 0.15) is 18.4 Å². The van der Waals surface area contributed by atoms with E-state index in [1.54, 1.807) is 6.20 Å². The minimum atomic E-state index is -0.645. The number of nitrogens with zero attached hydrogens (tertiary/aromatic N) is 2. The van der Waals surface area contributed by atoms with Crippen molar-refractivity contribution in [1.29, 1.82) is 0 Å². The van der Waals surface area contributed by atoms with Gasteiger partial charge in [0.2, 0.25) is 11.8 Å². The van der Waals surface area contributed by atoms with E-state index in [0.29, 0.717) is 18.2 Å². The van der Waals surface area contributed by atoms with E-state index in [-0.39, 0.29) is 18.4 Å². The molecule has 0 saturated heterocycles. The van der Waals surface area contributed by atoms with E-state index in [1.807, 2.05) is 30.3 Å². The number of nitrogens with two attached hydrogens (primary N) is 1. The van der Waals surface area contributed by atoms with E-state index in [1.165, 1.54) is 10.9 Å². The average Bonchev–Trinajstić information content (AvgIpc) is 3.26. The molecule has 1 heterocycles. The number of hydrogen-bond acceptors (Lipinski definition) is 4. The van der Waals surface area contributed by atoms with Crippen LogP contribution in [0, 0.1) is 0 Å². The van der Waals surface area contributed by atoms with E-state index in [9.17, 15) is 9.59 Å². The third-order valence-corrected chi connectivity index (χ3v) is 3.78. The molecule has 0 bridgehead atoms. The first-order valence-corrected chi connectivity index (χ1v) is 8.02. The third-order valence-electron chi connectivity index (χ3n) is 3.78. The summed E-state index contributed by atoms with van der Waals surface area (Å²) in [6, 6.07) is 9.29. The van der Waals surface area contributed by atoms with Crippen LogP contribution in [0.4, 0.5) is 5.69 Å². The molecule has 1 aliphatic rings. The van der Waals surface area contributed by atoms with Crippen LogP contribution in [0.5, 0.6) is 0 Å². The van der Waals surface area contributed by atoms with Gasteiger partial charge in [0.1, 0.15) is 6.54 Å². The Morgan fingerprint density at radius 3 is 2.75 bits per heavy atom. The van der Waals surface area contributed by atoms with Crippen LogP contribution in [-0.4, -0.2) is 33.7 Å². The van der Waals surface area contributed by atoms with Crippen LogP contribution in [0.2, 0.25) is 0 Å². The highest BCUT2D eigenvalue weighted by atomic mass is 16.2. The largest absolute Gasteiger partial charge is 0.352 e. The third kappa shape index (κ3) is 4.66. The normalized spacial score (nSPS) is 14.9. The Kier molecular flexibility index (Phi) is 4.90. The number of anilines is 1. The molecule has 3 rings (SSSR count). The number of hydrogen-bond donors (Lipinski definition) is 3. The van der Waals surface area contributed by atoms with Gasteiger partial charge in [0.25, 0.3) is 0 Å². The zero-order valence-electron chi connectivity index (χ0n) is 13.3. The molecule has 0 spiro atoms. The fraction of sp³-hybridized carbons (Fsp3) is 0.353. The number of amides is 2. The van der Waals surface area contributed by atoms with Crippen molar-refractivity contribution in [3.05, 3.63) is 48.3 Å². The molecule has 2 aromatic rings. The zero-order valence-corrected chi connectivity index (χ0v) is 13.3. The molecule has 126 valence electrons. The summed E-state index contributed by atoms with van der Waals surface area (Å²) in [6.45, 7) is 0.141. The maximum Gasteiger partial charge on any atom is 0.241 e. The predicted molar refractivity (Wildman–Crippen MR) is 90.1 cm³/mol. The monoisotopic (exact) mass is 327 g/mol. The van der Waals surface area contributed by atoms with Gasteiger partial charge >= 0.3 is 0 Å². The van der Waals surface area contributed by atoms with Gasteiger partial charge in [-0.15, -0.1) is 0 Å². The van der Waals surface area contributed by atoms with Crippen LogP contribution in [-0.2, 0) is 22.6 Å². The van der Waals surface area contributed by atoms with Crippen molar-refractivity contribution in [2.45, 2.75) is 37.9 Å². The first kappa shape index (κ1) is 16.2. The Morgan fingerprint density at radius 1 is 1.29 bits per heavy atom. The summed E-state index contributed by atoms with van der Waals surface area (Å²) in [7, 11) is 0. The number of carbonyl (C=O) groups excluding carboxylic acids is 2. The lowest BCUT2D eigenvalue weighted by Gasteiger charge is -2.11. The standard InChI is InChI=1S/C17H21N5O2/c18-15(8-12-4-2-1-3-5-12)17(24)21-14-9-19-22(10-14)11-16(23)20-13-6-7-13/h1-5,9-10,13,15H,6-8,11,18H2,(H,20,23)(H,21,24)/t15-/m0/s1. The average molecular weight is 327 g/mol. The molecule has 0 radical (unpaired) electrons. The van der Waals surface area contributed by atoms with Gasteiger partial charge in [-0.3, -0.25) is 14.3 Å². The van der Waals surface area contributed by atoms with Crippen LogP contribution in [0.3, 0.4) is 0 Å². The Balaban J connectivity index is 1.49. The second kappa shape index (κ2) is 7.27. The number of rotatable bonds is 7. The lowest BCUT2D eigenvalue weighted by atomic mass is 10.1. The summed E-state index contributed by atoms with van der Waals surface area (Å²) in [4.78, 5) is 23.9. The molecule has 0 unspecified atom stereocenters. The molecule has 4 N–H and O–H groups in total. The first-order valence-electron chi connectivity index (χ1n) is 8.02. The van der Waals surface area contributed by atoms with E-state index < -0.39 is 6.04 Å². The highest BCUT2D eigenvalue weighted by Crippen LogP contribution is 2.18. The molecule has 1 saturated carbocycles. The lowest BCUT2D eigenvalue weighted by molar-refractivity contribution is -0.122. The van der Waals surface area contributed by atoms with Crippen molar-refractivity contribution in [3.63, 3.8) is 0 Å². The van der Waals surface area contributed by atoms with Crippen molar-refractivity contribution >= 4 is 17.5 Å². The van der Waals surface area contributed by atoms with Gasteiger partial charge in [0.15, 0.2) is 0 Å². The molecular formula is C17H21N5O2. The lowest BCUT2D eigenvalue weighted by Crippen LogP contribution is -2.37. The topological polar surface area (TPSA) is 102 Å². The van der Waals surface area contributed by atoms with Gasteiger partial charge in [-0.05, 0) is 24.8 Å². The van der Waals surface area contributed by atoms with Gasteiger partial charge in [-0.25, -0.2) is 0 Å². The van der Waals surface area contributed by atoms with E-state index >= 15 is 0 Å². The molecule has 1 aliphatic carbocycles. The fourth-order valence-corrected chi connectivity index (χ4v) is 2.36. The van der Waals surface area contributed by atoms with E-state index in [0.717, 1.165) is 18.4 Å². The first-order chi connectivity index (χ1) is 11.6. The van der Waals surface area contributed by atoms with E-state index in [2.05, 4.69) is 15.7 Å². The predicted octanol–water partition coefficient (Wildman–Crippen LogP) is 0.670. The Hall–Kier alpha value is -2.67. The van der Waals surface area contributed by atoms with Gasteiger partial charge < -0.3 is 16.4 Å². The van der Waals surface area contributed by atoms with Crippen molar-refractivity contribution in [2.75, 3.05) is 5.32 Å². The SMILES string of the molecule is N[C@@H](Cc1ccccc1)C(=O)Nc1cnn(CC(=O)NC2CC2)c1. The van der Waals surface area contributed by atoms with Crippen molar-refractivity contribution in [3.8, 4) is 0 Å². The minimum absolute atomic E-state index is 0.0701. The summed E-state index contributed by atoms with van der Waals surface area (Å²) in [5.74, 6) is -0.347. The summed E-state index contributed by atoms with van der Waals surface area (Å²) in [5.41, 5.74) is 7.48. The Morgan fingerprint density at radius 2 is 2.04 bits per heavy atom. The van der Waals surface area contributed by atoms with Crippen LogP contribution in [0.25, 0.3) is 0 Å². The number of nitrogens with one attached hydrogen (secondary N) is 2. The molecule has 0 aliphatic heterocycles. The maximum absolute atomic E-state index is 12.1. The molecule has 1 atom stereocenters. The quantitative estimate of drug-likeness (QED) is 0.695. The maximum atomic E-state index is 12.1. The van der Waals surface area contributed by atoms with Crippen LogP contribution in [0.15, 0.2) is 42.7 Å². The highest BCUT2D eigenvalue weighted by molar-refractivity contribution is 5.94. The molecular weight excluding hydrogens is 306 g/mol. The molecule has 2 amide bonds. The summed E-state index contributed by atoms with van der Waals surface area (Å²) in [6.07, 6.45) is 5.69. The fourth-order valence-electron chi connectivity index (χ4n) is 2.36. The smallest absolute Gasteiger partial charge is 0.241 e. The summed E-state index contributed by atoms with van der Waals surface area (Å²) >= 11 is 0. The van der Waals surface area contributed by atoms with Crippen molar-refractivity contribution in [2.24, 2.45) is 5.73 Å². The number of aromatic nitrogens is 2. The van der Waals surface area contributed by atoms with Crippen LogP contribution < -0.4 is 16.4 Å². The molecule has 7 heteroatoms. The van der Waals surface area contributed by atoms with Gasteiger partial charge in [0.05, 0.1) is 17.9 Å². The molecule has 7 nitrogen and oxygen atoms in total. The summed E-state index contributed by atoms with van der Waals surface area (Å²) in [5, 5.41) is 9.70. The minimum Gasteiger partial charge on any atom is -0.352 e. The molecule has 1 aromatic carbocycles. The Bertz CT molecular complexity index is 709. The number of benzene rings is 1. The van der Waals surface area contributed by atoms with Crippen molar-refractivity contribution in [1.82, 2.24) is 15.1 Å². The van der Waals surface area contributed by atoms with Gasteiger partial charge in [0, 0.05) is 12.2 Å². The second-order valence-electron chi connectivity index (χ2n) is 6.05. The van der Waals surface area contributed by atoms with Crippen LogP contribution >= 0.6 is 0 Å². The van der Waals surface area contributed by atoms with Crippen molar-refractivity contribution < 1.29 is 9.59 Å². The summed E-state index contributed by atoms with van der Waals surface area (Å²) < 4.78 is 1.50. The molecule has 1 fully saturated rings. The Labute approximate surface area is 140 Å². The van der Waals surface area contributed by atoms with Gasteiger partial charge in [-0.1, -0.05) is 30.3 Å². The van der Waals surface area contributed by atoms with Gasteiger partial charge in [-0.2, -0.15) is 5.10 Å².